The second kappa shape index (κ2) is 9.45. The van der Waals surface area contributed by atoms with E-state index in [0.717, 1.165) is 18.2 Å². The zero-order chi connectivity index (χ0) is 13.2. The predicted molar refractivity (Wildman–Crippen MR) is 78.9 cm³/mol. The summed E-state index contributed by atoms with van der Waals surface area (Å²) in [7, 11) is 0. The second-order valence-electron chi connectivity index (χ2n) is 4.99. The molecule has 1 heterocycles. The summed E-state index contributed by atoms with van der Waals surface area (Å²) < 4.78 is 4.00. The summed E-state index contributed by atoms with van der Waals surface area (Å²) in [6.07, 6.45) is 7.61. The van der Waals surface area contributed by atoms with Crippen LogP contribution in [0.15, 0.2) is 5.38 Å². The Labute approximate surface area is 116 Å². The van der Waals surface area contributed by atoms with Gasteiger partial charge in [-0.3, -0.25) is 0 Å². The molecule has 0 aliphatic rings. The van der Waals surface area contributed by atoms with Crippen LogP contribution >= 0.6 is 11.5 Å². The Morgan fingerprint density at radius 2 is 2.11 bits per heavy atom. The lowest BCUT2D eigenvalue weighted by atomic mass is 9.91. The third kappa shape index (κ3) is 5.44. The smallest absolute Gasteiger partial charge is 0.0924 e. The summed E-state index contributed by atoms with van der Waals surface area (Å²) in [5, 5.41) is 9.94. The van der Waals surface area contributed by atoms with E-state index in [9.17, 15) is 0 Å². The molecule has 0 aliphatic heterocycles. The van der Waals surface area contributed by atoms with E-state index in [1.807, 2.05) is 0 Å². The van der Waals surface area contributed by atoms with E-state index in [4.69, 9.17) is 0 Å². The fourth-order valence-electron chi connectivity index (χ4n) is 2.27. The van der Waals surface area contributed by atoms with Crippen LogP contribution in [-0.2, 0) is 0 Å². The number of nitrogens with zero attached hydrogens (tertiary/aromatic N) is 2. The Kier molecular flexibility index (Phi) is 8.18. The van der Waals surface area contributed by atoms with Crippen molar-refractivity contribution in [2.75, 3.05) is 6.54 Å². The van der Waals surface area contributed by atoms with Gasteiger partial charge in [0.2, 0.25) is 0 Å². The molecule has 104 valence electrons. The van der Waals surface area contributed by atoms with Gasteiger partial charge in [-0.1, -0.05) is 50.9 Å². The second-order valence-corrected chi connectivity index (χ2v) is 5.60. The Balaban J connectivity index is 2.53. The van der Waals surface area contributed by atoms with E-state index in [1.165, 1.54) is 50.1 Å². The average Bonchev–Trinajstić information content (AvgIpc) is 2.92. The third-order valence-electron chi connectivity index (χ3n) is 3.49. The van der Waals surface area contributed by atoms with E-state index < -0.39 is 0 Å². The zero-order valence-corrected chi connectivity index (χ0v) is 12.8. The van der Waals surface area contributed by atoms with Gasteiger partial charge in [-0.2, -0.15) is 0 Å². The lowest BCUT2D eigenvalue weighted by Gasteiger charge is -2.22. The molecule has 0 aromatic carbocycles. The number of rotatable bonds is 10. The molecule has 1 aromatic rings. The number of hydrogen-bond acceptors (Lipinski definition) is 4. The molecule has 0 spiro atoms. The van der Waals surface area contributed by atoms with Crippen molar-refractivity contribution in [3.8, 4) is 0 Å². The van der Waals surface area contributed by atoms with Gasteiger partial charge in [-0.25, -0.2) is 0 Å². The minimum atomic E-state index is 0.394. The summed E-state index contributed by atoms with van der Waals surface area (Å²) in [5.41, 5.74) is 1.13. The van der Waals surface area contributed by atoms with Crippen molar-refractivity contribution in [2.45, 2.75) is 65.3 Å². The molecule has 18 heavy (non-hydrogen) atoms. The summed E-state index contributed by atoms with van der Waals surface area (Å²) >= 11 is 1.45. The van der Waals surface area contributed by atoms with Gasteiger partial charge in [0.1, 0.15) is 0 Å². The van der Waals surface area contributed by atoms with Crippen LogP contribution in [0.4, 0.5) is 0 Å². The van der Waals surface area contributed by atoms with E-state index in [0.29, 0.717) is 6.04 Å². The van der Waals surface area contributed by atoms with Crippen molar-refractivity contribution in [2.24, 2.45) is 5.92 Å². The van der Waals surface area contributed by atoms with Crippen LogP contribution in [0.2, 0.25) is 0 Å². The molecule has 1 aromatic heterocycles. The fourth-order valence-corrected chi connectivity index (χ4v) is 2.77. The minimum Gasteiger partial charge on any atom is -0.309 e. The molecule has 0 fully saturated rings. The van der Waals surface area contributed by atoms with Crippen molar-refractivity contribution in [3.05, 3.63) is 11.1 Å². The van der Waals surface area contributed by atoms with Gasteiger partial charge in [0.15, 0.2) is 0 Å². The summed E-state index contributed by atoms with van der Waals surface area (Å²) in [6.45, 7) is 7.84. The Hall–Kier alpha value is -0.480. The van der Waals surface area contributed by atoms with E-state index >= 15 is 0 Å². The van der Waals surface area contributed by atoms with Crippen molar-refractivity contribution in [1.29, 1.82) is 0 Å². The van der Waals surface area contributed by atoms with Gasteiger partial charge in [-0.05, 0) is 36.8 Å². The molecule has 0 aliphatic carbocycles. The number of aromatic nitrogens is 2. The van der Waals surface area contributed by atoms with Crippen LogP contribution in [0.3, 0.4) is 0 Å². The van der Waals surface area contributed by atoms with Crippen molar-refractivity contribution < 1.29 is 0 Å². The molecular weight excluding hydrogens is 242 g/mol. The maximum Gasteiger partial charge on any atom is 0.0924 e. The quantitative estimate of drug-likeness (QED) is 0.692. The van der Waals surface area contributed by atoms with Crippen LogP contribution in [0.25, 0.3) is 0 Å². The molecule has 4 heteroatoms. The van der Waals surface area contributed by atoms with E-state index in [-0.39, 0.29) is 0 Å². The van der Waals surface area contributed by atoms with Crippen LogP contribution in [0.1, 0.15) is 71.0 Å². The number of unbranched alkanes of at least 4 members (excludes halogenated alkanes) is 1. The van der Waals surface area contributed by atoms with Crippen LogP contribution in [0.5, 0.6) is 0 Å². The van der Waals surface area contributed by atoms with Gasteiger partial charge in [0, 0.05) is 5.38 Å². The van der Waals surface area contributed by atoms with E-state index in [1.54, 1.807) is 0 Å². The zero-order valence-electron chi connectivity index (χ0n) is 12.0. The molecule has 2 unspecified atom stereocenters. The SMILES string of the molecule is CCCCC(CC)CC(NCCC)c1csnn1. The maximum absolute atomic E-state index is 4.24. The largest absolute Gasteiger partial charge is 0.309 e. The summed E-state index contributed by atoms with van der Waals surface area (Å²) in [4.78, 5) is 0. The first-order valence-corrected chi connectivity index (χ1v) is 8.15. The van der Waals surface area contributed by atoms with Crippen LogP contribution < -0.4 is 5.32 Å². The molecule has 0 saturated heterocycles. The van der Waals surface area contributed by atoms with Gasteiger partial charge in [-0.15, -0.1) is 5.10 Å². The Bertz CT molecular complexity index is 287. The highest BCUT2D eigenvalue weighted by Crippen LogP contribution is 2.26. The highest BCUT2D eigenvalue weighted by Gasteiger charge is 2.18. The first-order chi connectivity index (χ1) is 8.81. The summed E-state index contributed by atoms with van der Waals surface area (Å²) in [5.74, 6) is 0.806. The first kappa shape index (κ1) is 15.6. The standard InChI is InChI=1S/C14H27N3S/c1-4-7-8-12(6-3)10-13(15-9-5-2)14-11-18-17-16-14/h11-13,15H,4-10H2,1-3H3. The lowest BCUT2D eigenvalue weighted by Crippen LogP contribution is -2.25. The molecule has 0 bridgehead atoms. The minimum absolute atomic E-state index is 0.394. The van der Waals surface area contributed by atoms with Crippen LogP contribution in [0, 0.1) is 5.92 Å². The van der Waals surface area contributed by atoms with Crippen molar-refractivity contribution in [1.82, 2.24) is 14.9 Å². The first-order valence-electron chi connectivity index (χ1n) is 7.32. The van der Waals surface area contributed by atoms with E-state index in [2.05, 4.69) is 41.1 Å². The number of nitrogens with one attached hydrogen (secondary N) is 1. The van der Waals surface area contributed by atoms with Gasteiger partial charge < -0.3 is 5.32 Å². The number of hydrogen-bond donors (Lipinski definition) is 1. The monoisotopic (exact) mass is 269 g/mol. The maximum atomic E-state index is 4.24. The molecular formula is C14H27N3S. The molecule has 0 amide bonds. The molecule has 2 atom stereocenters. The topological polar surface area (TPSA) is 37.8 Å². The summed E-state index contributed by atoms with van der Waals surface area (Å²) in [6, 6.07) is 0.394. The normalized spacial score (nSPS) is 14.6. The van der Waals surface area contributed by atoms with Crippen molar-refractivity contribution in [3.63, 3.8) is 0 Å². The fraction of sp³-hybridized carbons (Fsp3) is 0.857. The Morgan fingerprint density at radius 1 is 1.28 bits per heavy atom. The van der Waals surface area contributed by atoms with Crippen LogP contribution in [-0.4, -0.2) is 16.1 Å². The Morgan fingerprint density at radius 3 is 2.67 bits per heavy atom. The van der Waals surface area contributed by atoms with Crippen molar-refractivity contribution >= 4 is 11.5 Å². The highest BCUT2D eigenvalue weighted by molar-refractivity contribution is 7.03. The average molecular weight is 269 g/mol. The van der Waals surface area contributed by atoms with Gasteiger partial charge in [0.25, 0.3) is 0 Å². The lowest BCUT2D eigenvalue weighted by molar-refractivity contribution is 0.349. The molecule has 3 nitrogen and oxygen atoms in total. The molecule has 1 rings (SSSR count). The van der Waals surface area contributed by atoms with Gasteiger partial charge in [0.05, 0.1) is 11.7 Å². The van der Waals surface area contributed by atoms with Gasteiger partial charge >= 0.3 is 0 Å². The molecule has 1 N–H and O–H groups in total. The third-order valence-corrected chi connectivity index (χ3v) is 4.01. The predicted octanol–water partition coefficient (Wildman–Crippen LogP) is 4.19. The highest BCUT2D eigenvalue weighted by atomic mass is 32.1. The molecule has 0 saturated carbocycles. The molecule has 0 radical (unpaired) electrons.